The Hall–Kier alpha value is -2.97. The van der Waals surface area contributed by atoms with Gasteiger partial charge in [0.25, 0.3) is 0 Å². The molecule has 0 amide bonds. The normalized spacial score (nSPS) is 12.3. The Morgan fingerprint density at radius 1 is 1.15 bits per heavy atom. The molecule has 2 N–H and O–H groups in total. The predicted octanol–water partition coefficient (Wildman–Crippen LogP) is 3.81. The van der Waals surface area contributed by atoms with Gasteiger partial charge in [0.1, 0.15) is 17.3 Å². The number of esters is 1. The molecule has 0 saturated carbocycles. The van der Waals surface area contributed by atoms with Gasteiger partial charge in [-0.05, 0) is 44.2 Å². The van der Waals surface area contributed by atoms with Crippen LogP contribution in [0.1, 0.15) is 19.4 Å². The van der Waals surface area contributed by atoms with E-state index in [0.717, 1.165) is 12.1 Å². The Bertz CT molecular complexity index is 764. The number of pyridine rings is 1. The first-order valence-electron chi connectivity index (χ1n) is 7.65. The van der Waals surface area contributed by atoms with Gasteiger partial charge < -0.3 is 19.9 Å². The summed E-state index contributed by atoms with van der Waals surface area (Å²) in [5.74, 6) is -0.523. The number of halogens is 3. The second kappa shape index (κ2) is 7.94. The highest BCUT2D eigenvalue weighted by Gasteiger charge is 2.33. The molecular formula is C17H17F3N2O4. The van der Waals surface area contributed by atoms with Crippen LogP contribution in [0.2, 0.25) is 0 Å². The number of carbonyl (C=O) groups excluding carboxylic acids is 1. The molecule has 9 heteroatoms. The van der Waals surface area contributed by atoms with Crippen LogP contribution in [0.3, 0.4) is 0 Å². The minimum absolute atomic E-state index is 0.0796. The SMILES string of the molecule is CCOC(=O)C(C)Oc1ccc(Oc2ccc(C(F)(F)F)c(N)n2)cc1. The fourth-order valence-corrected chi connectivity index (χ4v) is 1.97. The molecule has 1 atom stereocenters. The van der Waals surface area contributed by atoms with Crippen LogP contribution in [0.5, 0.6) is 17.4 Å². The van der Waals surface area contributed by atoms with Gasteiger partial charge in [-0.2, -0.15) is 18.2 Å². The van der Waals surface area contributed by atoms with Crippen LogP contribution in [0.4, 0.5) is 19.0 Å². The molecule has 0 fully saturated rings. The minimum Gasteiger partial charge on any atom is -0.479 e. The van der Waals surface area contributed by atoms with Crippen molar-refractivity contribution in [1.82, 2.24) is 4.98 Å². The second-order valence-electron chi connectivity index (χ2n) is 5.17. The highest BCUT2D eigenvalue weighted by atomic mass is 19.4. The molecule has 0 aliphatic rings. The third kappa shape index (κ3) is 5.01. The number of nitrogens with zero attached hydrogens (tertiary/aromatic N) is 1. The Morgan fingerprint density at radius 2 is 1.77 bits per heavy atom. The smallest absolute Gasteiger partial charge is 0.419 e. The standard InChI is InChI=1S/C17H17F3N2O4/c1-3-24-16(23)10(2)25-11-4-6-12(7-5-11)26-14-9-8-13(15(21)22-14)17(18,19)20/h4-10H,3H2,1-2H3,(H2,21,22). The summed E-state index contributed by atoms with van der Waals surface area (Å²) in [5.41, 5.74) is 4.29. The molecule has 140 valence electrons. The number of nitrogens with two attached hydrogens (primary N) is 1. The number of carbonyl (C=O) groups is 1. The summed E-state index contributed by atoms with van der Waals surface area (Å²) >= 11 is 0. The zero-order valence-electron chi connectivity index (χ0n) is 14.0. The number of hydrogen-bond donors (Lipinski definition) is 1. The largest absolute Gasteiger partial charge is 0.479 e. The molecule has 0 aliphatic carbocycles. The summed E-state index contributed by atoms with van der Waals surface area (Å²) in [6, 6.07) is 7.99. The van der Waals surface area contributed by atoms with Crippen molar-refractivity contribution in [2.24, 2.45) is 0 Å². The Labute approximate surface area is 147 Å². The zero-order valence-corrected chi connectivity index (χ0v) is 14.0. The summed E-state index contributed by atoms with van der Waals surface area (Å²) in [7, 11) is 0. The molecular weight excluding hydrogens is 353 g/mol. The van der Waals surface area contributed by atoms with Gasteiger partial charge in [0.05, 0.1) is 12.2 Å². The van der Waals surface area contributed by atoms with E-state index in [1.165, 1.54) is 12.1 Å². The van der Waals surface area contributed by atoms with Gasteiger partial charge in [-0.3, -0.25) is 0 Å². The second-order valence-corrected chi connectivity index (χ2v) is 5.17. The molecule has 1 heterocycles. The van der Waals surface area contributed by atoms with Crippen LogP contribution in [0.15, 0.2) is 36.4 Å². The maximum absolute atomic E-state index is 12.7. The molecule has 6 nitrogen and oxygen atoms in total. The Morgan fingerprint density at radius 3 is 2.31 bits per heavy atom. The van der Waals surface area contributed by atoms with Crippen molar-refractivity contribution in [2.45, 2.75) is 26.1 Å². The summed E-state index contributed by atoms with van der Waals surface area (Å²) in [5, 5.41) is 0. The van der Waals surface area contributed by atoms with Gasteiger partial charge in [-0.25, -0.2) is 4.79 Å². The van der Waals surface area contributed by atoms with Crippen molar-refractivity contribution in [3.05, 3.63) is 42.0 Å². The number of hydrogen-bond acceptors (Lipinski definition) is 6. The van der Waals surface area contributed by atoms with Gasteiger partial charge in [0, 0.05) is 6.07 Å². The number of ether oxygens (including phenoxy) is 3. The number of alkyl halides is 3. The molecule has 0 spiro atoms. The number of nitrogen functional groups attached to an aromatic ring is 1. The lowest BCUT2D eigenvalue weighted by atomic mass is 10.2. The van der Waals surface area contributed by atoms with Gasteiger partial charge in [0.2, 0.25) is 5.88 Å². The Kier molecular flexibility index (Phi) is 5.91. The third-order valence-corrected chi connectivity index (χ3v) is 3.18. The van der Waals surface area contributed by atoms with Gasteiger partial charge >= 0.3 is 12.1 Å². The van der Waals surface area contributed by atoms with Crippen LogP contribution < -0.4 is 15.2 Å². The summed E-state index contributed by atoms with van der Waals surface area (Å²) in [6.07, 6.45) is -5.36. The van der Waals surface area contributed by atoms with Gasteiger partial charge in [-0.1, -0.05) is 0 Å². The summed E-state index contributed by atoms with van der Waals surface area (Å²) < 4.78 is 53.6. The maximum Gasteiger partial charge on any atom is 0.419 e. The fraction of sp³-hybridized carbons (Fsp3) is 0.294. The molecule has 1 aromatic carbocycles. The monoisotopic (exact) mass is 370 g/mol. The van der Waals surface area contributed by atoms with E-state index in [0.29, 0.717) is 11.5 Å². The lowest BCUT2D eigenvalue weighted by molar-refractivity contribution is -0.150. The van der Waals surface area contributed by atoms with Crippen LogP contribution in [-0.4, -0.2) is 23.7 Å². The van der Waals surface area contributed by atoms with E-state index < -0.39 is 29.6 Å². The van der Waals surface area contributed by atoms with E-state index >= 15 is 0 Å². The van der Waals surface area contributed by atoms with Crippen molar-refractivity contribution in [1.29, 1.82) is 0 Å². The van der Waals surface area contributed by atoms with Crippen molar-refractivity contribution >= 4 is 11.8 Å². The lowest BCUT2D eigenvalue weighted by Crippen LogP contribution is -2.25. The lowest BCUT2D eigenvalue weighted by Gasteiger charge is -2.14. The number of aromatic nitrogens is 1. The molecule has 1 aromatic heterocycles. The van der Waals surface area contributed by atoms with Crippen LogP contribution in [0, 0.1) is 0 Å². The quantitative estimate of drug-likeness (QED) is 0.779. The van der Waals surface area contributed by atoms with Crippen LogP contribution >= 0.6 is 0 Å². The van der Waals surface area contributed by atoms with Gasteiger partial charge in [0.15, 0.2) is 6.10 Å². The van der Waals surface area contributed by atoms with E-state index in [1.807, 2.05) is 0 Å². The Balaban J connectivity index is 2.03. The molecule has 26 heavy (non-hydrogen) atoms. The molecule has 0 saturated heterocycles. The molecule has 0 aliphatic heterocycles. The van der Waals surface area contributed by atoms with E-state index in [-0.39, 0.29) is 12.5 Å². The predicted molar refractivity (Wildman–Crippen MR) is 86.9 cm³/mol. The van der Waals surface area contributed by atoms with Crippen molar-refractivity contribution < 1.29 is 32.2 Å². The highest BCUT2D eigenvalue weighted by molar-refractivity contribution is 5.74. The van der Waals surface area contributed by atoms with E-state index in [1.54, 1.807) is 26.0 Å². The van der Waals surface area contributed by atoms with Crippen molar-refractivity contribution in [2.75, 3.05) is 12.3 Å². The number of benzene rings is 1. The van der Waals surface area contributed by atoms with Crippen molar-refractivity contribution in [3.8, 4) is 17.4 Å². The summed E-state index contributed by atoms with van der Waals surface area (Å²) in [4.78, 5) is 15.1. The first-order valence-corrected chi connectivity index (χ1v) is 7.65. The first-order chi connectivity index (χ1) is 12.2. The first kappa shape index (κ1) is 19.4. The maximum atomic E-state index is 12.7. The van der Waals surface area contributed by atoms with Crippen molar-refractivity contribution in [3.63, 3.8) is 0 Å². The molecule has 0 radical (unpaired) electrons. The summed E-state index contributed by atoms with van der Waals surface area (Å²) in [6.45, 7) is 3.50. The van der Waals surface area contributed by atoms with E-state index in [2.05, 4.69) is 4.98 Å². The molecule has 2 aromatic rings. The third-order valence-electron chi connectivity index (χ3n) is 3.18. The van der Waals surface area contributed by atoms with E-state index in [4.69, 9.17) is 19.9 Å². The van der Waals surface area contributed by atoms with E-state index in [9.17, 15) is 18.0 Å². The van der Waals surface area contributed by atoms with Gasteiger partial charge in [-0.15, -0.1) is 0 Å². The fourth-order valence-electron chi connectivity index (χ4n) is 1.97. The van der Waals surface area contributed by atoms with Crippen LogP contribution in [0.25, 0.3) is 0 Å². The molecule has 2 rings (SSSR count). The average Bonchev–Trinajstić information content (AvgIpc) is 2.55. The van der Waals surface area contributed by atoms with Crippen LogP contribution in [-0.2, 0) is 15.7 Å². The molecule has 0 bridgehead atoms. The molecule has 1 unspecified atom stereocenters. The zero-order chi connectivity index (χ0) is 19.3. The highest BCUT2D eigenvalue weighted by Crippen LogP contribution is 2.34. The topological polar surface area (TPSA) is 83.7 Å². The minimum atomic E-state index is -4.58. The number of anilines is 1. The average molecular weight is 370 g/mol. The number of rotatable bonds is 6.